The van der Waals surface area contributed by atoms with E-state index in [1.807, 2.05) is 0 Å². The molecule has 0 radical (unpaired) electrons. The predicted octanol–water partition coefficient (Wildman–Crippen LogP) is 0.667. The summed E-state index contributed by atoms with van der Waals surface area (Å²) in [5.41, 5.74) is 5.60. The van der Waals surface area contributed by atoms with E-state index < -0.39 is 0 Å². The van der Waals surface area contributed by atoms with Crippen LogP contribution in [0, 0.1) is 0 Å². The van der Waals surface area contributed by atoms with Crippen LogP contribution in [-0.2, 0) is 0 Å². The van der Waals surface area contributed by atoms with Crippen LogP contribution in [0.4, 0.5) is 11.9 Å². The maximum Gasteiger partial charge on any atom is 0.330 e. The van der Waals surface area contributed by atoms with Gasteiger partial charge in [-0.2, -0.15) is 15.0 Å². The topological polar surface area (TPSA) is 112 Å². The van der Waals surface area contributed by atoms with Gasteiger partial charge in [0.2, 0.25) is 23.7 Å². The van der Waals surface area contributed by atoms with E-state index in [2.05, 4.69) is 31.7 Å². The van der Waals surface area contributed by atoms with Gasteiger partial charge in [-0.05, 0) is 0 Å². The maximum absolute atomic E-state index is 5.60. The first-order chi connectivity index (χ1) is 10.1. The molecule has 9 heteroatoms. The second kappa shape index (κ2) is 6.46. The number of ether oxygens (including phenoxy) is 2. The molecule has 2 aromatic rings. The Kier molecular flexibility index (Phi) is 4.44. The van der Waals surface area contributed by atoms with Crippen molar-refractivity contribution in [1.29, 1.82) is 0 Å². The lowest BCUT2D eigenvalue weighted by atomic mass is 10.5. The molecule has 2 aromatic heterocycles. The summed E-state index contributed by atoms with van der Waals surface area (Å²) in [7, 11) is 3.56. The molecule has 0 aromatic carbocycles. The van der Waals surface area contributed by atoms with Gasteiger partial charge in [-0.15, -0.1) is 10.2 Å². The van der Waals surface area contributed by atoms with Gasteiger partial charge in [0.05, 0.1) is 0 Å². The molecule has 0 spiro atoms. The van der Waals surface area contributed by atoms with E-state index >= 15 is 0 Å². The third-order valence-electron chi connectivity index (χ3n) is 2.18. The first kappa shape index (κ1) is 14.4. The van der Waals surface area contributed by atoms with Gasteiger partial charge in [-0.25, -0.2) is 0 Å². The van der Waals surface area contributed by atoms with Crippen LogP contribution in [0.25, 0.3) is 0 Å². The number of aromatic nitrogens is 5. The summed E-state index contributed by atoms with van der Waals surface area (Å²) in [5, 5.41) is 7.68. The zero-order chi connectivity index (χ0) is 15.2. The molecule has 0 atom stereocenters. The fourth-order valence-corrected chi connectivity index (χ4v) is 1.28. The number of hydrogen-bond donors (Lipinski definition) is 1. The molecule has 9 nitrogen and oxygen atoms in total. The zero-order valence-electron chi connectivity index (χ0n) is 11.7. The van der Waals surface area contributed by atoms with Gasteiger partial charge >= 0.3 is 6.01 Å². The third kappa shape index (κ3) is 4.00. The van der Waals surface area contributed by atoms with Crippen LogP contribution in [0.2, 0.25) is 0 Å². The van der Waals surface area contributed by atoms with Gasteiger partial charge in [0.15, 0.2) is 0 Å². The average Bonchev–Trinajstić information content (AvgIpc) is 2.46. The Morgan fingerprint density at radius 2 is 1.90 bits per heavy atom. The van der Waals surface area contributed by atoms with Gasteiger partial charge in [0.1, 0.15) is 6.61 Å². The molecule has 0 aliphatic rings. The van der Waals surface area contributed by atoms with E-state index in [1.54, 1.807) is 37.2 Å². The zero-order valence-corrected chi connectivity index (χ0v) is 11.7. The predicted molar refractivity (Wildman–Crippen MR) is 76.4 cm³/mol. The first-order valence-electron chi connectivity index (χ1n) is 6.02. The monoisotopic (exact) mass is 289 g/mol. The summed E-state index contributed by atoms with van der Waals surface area (Å²) in [5.74, 6) is 1.03. The Morgan fingerprint density at radius 3 is 2.52 bits per heavy atom. The molecule has 2 rings (SSSR count). The Hall–Kier alpha value is -2.97. The molecule has 110 valence electrons. The highest BCUT2D eigenvalue weighted by atomic mass is 16.5. The van der Waals surface area contributed by atoms with Gasteiger partial charge in [-0.3, -0.25) is 0 Å². The van der Waals surface area contributed by atoms with Crippen molar-refractivity contribution in [2.75, 3.05) is 31.3 Å². The second-order valence-electron chi connectivity index (χ2n) is 4.08. The lowest BCUT2D eigenvalue weighted by molar-refractivity contribution is 0.338. The van der Waals surface area contributed by atoms with Crippen molar-refractivity contribution in [3.8, 4) is 17.8 Å². The maximum atomic E-state index is 5.60. The highest BCUT2D eigenvalue weighted by Crippen LogP contribution is 2.18. The van der Waals surface area contributed by atoms with E-state index in [0.29, 0.717) is 18.4 Å². The lowest BCUT2D eigenvalue weighted by Crippen LogP contribution is -2.15. The molecular weight excluding hydrogens is 274 g/mol. The van der Waals surface area contributed by atoms with Crippen molar-refractivity contribution in [3.05, 3.63) is 24.8 Å². The van der Waals surface area contributed by atoms with E-state index in [0.717, 1.165) is 0 Å². The van der Waals surface area contributed by atoms with Crippen LogP contribution in [0.15, 0.2) is 24.8 Å². The second-order valence-corrected chi connectivity index (χ2v) is 4.08. The molecule has 2 heterocycles. The SMILES string of the molecule is C=CCOc1ccc(Oc2nc(N)nc(N(C)C)n2)nn1. The van der Waals surface area contributed by atoms with Crippen molar-refractivity contribution < 1.29 is 9.47 Å². The molecule has 2 N–H and O–H groups in total. The van der Waals surface area contributed by atoms with Crippen LogP contribution in [0.5, 0.6) is 17.8 Å². The Morgan fingerprint density at radius 1 is 1.19 bits per heavy atom. The molecule has 0 unspecified atom stereocenters. The molecule has 21 heavy (non-hydrogen) atoms. The highest BCUT2D eigenvalue weighted by molar-refractivity contribution is 5.34. The average molecular weight is 289 g/mol. The van der Waals surface area contributed by atoms with E-state index in [1.165, 1.54) is 0 Å². The highest BCUT2D eigenvalue weighted by Gasteiger charge is 2.09. The fraction of sp³-hybridized carbons (Fsp3) is 0.250. The Bertz CT molecular complexity index is 616. The van der Waals surface area contributed by atoms with Crippen molar-refractivity contribution in [1.82, 2.24) is 25.1 Å². The molecule has 0 aliphatic carbocycles. The van der Waals surface area contributed by atoms with E-state index in [-0.39, 0.29) is 17.8 Å². The number of rotatable bonds is 6. The van der Waals surface area contributed by atoms with Gasteiger partial charge in [0, 0.05) is 26.2 Å². The summed E-state index contributed by atoms with van der Waals surface area (Å²) < 4.78 is 10.6. The Balaban J connectivity index is 2.12. The van der Waals surface area contributed by atoms with E-state index in [4.69, 9.17) is 15.2 Å². The molecule has 0 bridgehead atoms. The van der Waals surface area contributed by atoms with Gasteiger partial charge in [0.25, 0.3) is 0 Å². The Labute approximate surface area is 121 Å². The summed E-state index contributed by atoms with van der Waals surface area (Å²) in [6, 6.07) is 3.24. The summed E-state index contributed by atoms with van der Waals surface area (Å²) >= 11 is 0. The molecule has 0 saturated carbocycles. The lowest BCUT2D eigenvalue weighted by Gasteiger charge is -2.11. The van der Waals surface area contributed by atoms with Crippen LogP contribution < -0.4 is 20.1 Å². The minimum atomic E-state index is 0.0419. The number of nitrogens with zero attached hydrogens (tertiary/aromatic N) is 6. The normalized spacial score (nSPS) is 10.0. The van der Waals surface area contributed by atoms with Crippen molar-refractivity contribution in [3.63, 3.8) is 0 Å². The first-order valence-corrected chi connectivity index (χ1v) is 6.02. The largest absolute Gasteiger partial charge is 0.472 e. The summed E-state index contributed by atoms with van der Waals surface area (Å²) in [6.07, 6.45) is 1.61. The minimum absolute atomic E-state index is 0.0419. The smallest absolute Gasteiger partial charge is 0.330 e. The number of anilines is 2. The molecule has 0 saturated heterocycles. The van der Waals surface area contributed by atoms with Crippen LogP contribution >= 0.6 is 0 Å². The molecular formula is C12H15N7O2. The molecule has 0 amide bonds. The molecule has 0 fully saturated rings. The van der Waals surface area contributed by atoms with Crippen LogP contribution in [-0.4, -0.2) is 45.9 Å². The number of nitrogen functional groups attached to an aromatic ring is 1. The molecule has 0 aliphatic heterocycles. The van der Waals surface area contributed by atoms with Crippen LogP contribution in [0.1, 0.15) is 0 Å². The van der Waals surface area contributed by atoms with Gasteiger partial charge < -0.3 is 20.1 Å². The third-order valence-corrected chi connectivity index (χ3v) is 2.18. The standard InChI is InChI=1S/C12H15N7O2/c1-4-7-20-8-5-6-9(18-17-8)21-12-15-10(13)14-11(16-12)19(2)3/h4-6H,1,7H2,2-3H3,(H2,13,14,15,16). The van der Waals surface area contributed by atoms with Crippen molar-refractivity contribution in [2.45, 2.75) is 0 Å². The quantitative estimate of drug-likeness (QED) is 0.766. The van der Waals surface area contributed by atoms with E-state index in [9.17, 15) is 0 Å². The van der Waals surface area contributed by atoms with Crippen molar-refractivity contribution in [2.24, 2.45) is 0 Å². The fourth-order valence-electron chi connectivity index (χ4n) is 1.28. The van der Waals surface area contributed by atoms with Gasteiger partial charge in [-0.1, -0.05) is 12.7 Å². The summed E-state index contributed by atoms with van der Waals surface area (Å²) in [6.45, 7) is 3.90. The number of nitrogens with two attached hydrogens (primary N) is 1. The van der Waals surface area contributed by atoms with Crippen LogP contribution in [0.3, 0.4) is 0 Å². The van der Waals surface area contributed by atoms with Crippen molar-refractivity contribution >= 4 is 11.9 Å². The summed E-state index contributed by atoms with van der Waals surface area (Å²) in [4.78, 5) is 13.6. The number of hydrogen-bond acceptors (Lipinski definition) is 9. The minimum Gasteiger partial charge on any atom is -0.472 e.